The fourth-order valence-electron chi connectivity index (χ4n) is 5.05. The molecule has 0 unspecified atom stereocenters. The first-order valence-electron chi connectivity index (χ1n) is 13.1. The molecule has 0 fully saturated rings. The summed E-state index contributed by atoms with van der Waals surface area (Å²) in [5.74, 6) is 3.27. The maximum atomic E-state index is 9.36. The molecule has 0 bridgehead atoms. The zero-order valence-corrected chi connectivity index (χ0v) is 21.5. The molecule has 1 aliphatic rings. The van der Waals surface area contributed by atoms with E-state index in [1.807, 2.05) is 103 Å². The van der Waals surface area contributed by atoms with E-state index in [1.165, 1.54) is 0 Å². The first-order chi connectivity index (χ1) is 19.8. The van der Waals surface area contributed by atoms with E-state index in [-0.39, 0.29) is 0 Å². The van der Waals surface area contributed by atoms with E-state index >= 15 is 0 Å². The summed E-state index contributed by atoms with van der Waals surface area (Å²) in [6.45, 7) is 0. The van der Waals surface area contributed by atoms with Crippen molar-refractivity contribution in [3.05, 3.63) is 138 Å². The maximum absolute atomic E-state index is 9.36. The molecule has 40 heavy (non-hydrogen) atoms. The zero-order valence-electron chi connectivity index (χ0n) is 21.5. The average molecular weight is 515 g/mol. The molecule has 7 rings (SSSR count). The van der Waals surface area contributed by atoms with Crippen LogP contribution in [0, 0.1) is 11.3 Å². The van der Waals surface area contributed by atoms with Gasteiger partial charge in [0.1, 0.15) is 11.5 Å². The molecule has 0 spiro atoms. The molecule has 5 aromatic carbocycles. The average Bonchev–Trinajstić information content (AvgIpc) is 3.04. The third-order valence-electron chi connectivity index (χ3n) is 7.05. The fourth-order valence-corrected chi connectivity index (χ4v) is 5.05. The number of hydrogen-bond donors (Lipinski definition) is 0. The van der Waals surface area contributed by atoms with Crippen LogP contribution >= 0.6 is 0 Å². The SMILES string of the molecule is N#Cc1ccc(-c2ccc3c(c2-c2nc(-c4ccccc4)nc(-c4ccccc4)n2)Oc2ccccc2C3)cc1. The van der Waals surface area contributed by atoms with Gasteiger partial charge in [-0.1, -0.05) is 103 Å². The molecule has 0 saturated carbocycles. The third-order valence-corrected chi connectivity index (χ3v) is 7.05. The molecule has 5 heteroatoms. The normalized spacial score (nSPS) is 11.6. The lowest BCUT2D eigenvalue weighted by Gasteiger charge is -2.24. The molecule has 0 N–H and O–H groups in total. The van der Waals surface area contributed by atoms with Crippen molar-refractivity contribution in [3.63, 3.8) is 0 Å². The van der Waals surface area contributed by atoms with Crippen molar-refractivity contribution in [1.82, 2.24) is 15.0 Å². The number of rotatable bonds is 4. The number of fused-ring (bicyclic) bond motifs is 2. The van der Waals surface area contributed by atoms with Crippen molar-refractivity contribution in [3.8, 4) is 62.9 Å². The number of nitrogens with zero attached hydrogens (tertiary/aromatic N) is 4. The van der Waals surface area contributed by atoms with Gasteiger partial charge in [-0.2, -0.15) is 5.26 Å². The first kappa shape index (κ1) is 23.5. The van der Waals surface area contributed by atoms with Crippen molar-refractivity contribution in [2.24, 2.45) is 0 Å². The van der Waals surface area contributed by atoms with E-state index in [1.54, 1.807) is 0 Å². The van der Waals surface area contributed by atoms with Gasteiger partial charge in [0.05, 0.1) is 17.2 Å². The lowest BCUT2D eigenvalue weighted by molar-refractivity contribution is 0.461. The largest absolute Gasteiger partial charge is 0.456 e. The Balaban J connectivity index is 1.51. The Labute approximate surface area is 232 Å². The number of ether oxygens (including phenoxy) is 1. The van der Waals surface area contributed by atoms with Crippen LogP contribution in [0.1, 0.15) is 16.7 Å². The molecule has 2 heterocycles. The number of hydrogen-bond acceptors (Lipinski definition) is 5. The minimum Gasteiger partial charge on any atom is -0.456 e. The highest BCUT2D eigenvalue weighted by molar-refractivity contribution is 5.88. The van der Waals surface area contributed by atoms with Gasteiger partial charge in [-0.05, 0) is 34.9 Å². The Bertz CT molecular complexity index is 1840. The second kappa shape index (κ2) is 9.94. The van der Waals surface area contributed by atoms with Crippen LogP contribution in [0.4, 0.5) is 0 Å². The van der Waals surface area contributed by atoms with Crippen molar-refractivity contribution in [2.45, 2.75) is 6.42 Å². The number of benzene rings is 5. The maximum Gasteiger partial charge on any atom is 0.168 e. The quantitative estimate of drug-likeness (QED) is 0.237. The summed E-state index contributed by atoms with van der Waals surface area (Å²) in [6, 6.07) is 42.0. The van der Waals surface area contributed by atoms with Gasteiger partial charge in [-0.3, -0.25) is 0 Å². The van der Waals surface area contributed by atoms with E-state index in [9.17, 15) is 5.26 Å². The second-order valence-corrected chi connectivity index (χ2v) is 9.59. The summed E-state index contributed by atoms with van der Waals surface area (Å²) in [5, 5.41) is 9.36. The number of aromatic nitrogens is 3. The standard InChI is InChI=1S/C35H22N4O/c36-22-23-15-17-24(18-16-23)29-20-19-28-21-27-13-7-8-14-30(27)40-32(28)31(29)35-38-33(25-9-3-1-4-10-25)37-34(39-35)26-11-5-2-6-12-26/h1-20H,21H2. The second-order valence-electron chi connectivity index (χ2n) is 9.59. The summed E-state index contributed by atoms with van der Waals surface area (Å²) in [4.78, 5) is 14.9. The van der Waals surface area contributed by atoms with E-state index in [0.717, 1.165) is 56.9 Å². The summed E-state index contributed by atoms with van der Waals surface area (Å²) < 4.78 is 6.61. The predicted octanol–water partition coefficient (Wildman–Crippen LogP) is 8.11. The molecule has 0 atom stereocenters. The molecule has 0 radical (unpaired) electrons. The van der Waals surface area contributed by atoms with E-state index in [0.29, 0.717) is 23.0 Å². The Morgan fingerprint density at radius 3 is 1.80 bits per heavy atom. The van der Waals surface area contributed by atoms with E-state index in [4.69, 9.17) is 19.7 Å². The molecule has 188 valence electrons. The van der Waals surface area contributed by atoms with Crippen molar-refractivity contribution in [1.29, 1.82) is 5.26 Å². The van der Waals surface area contributed by atoms with Gasteiger partial charge in [0, 0.05) is 23.1 Å². The molecular formula is C35H22N4O. The van der Waals surface area contributed by atoms with Gasteiger partial charge in [0.15, 0.2) is 17.5 Å². The Kier molecular flexibility index (Phi) is 5.84. The Hall–Kier alpha value is -5.60. The van der Waals surface area contributed by atoms with Crippen LogP contribution in [-0.2, 0) is 6.42 Å². The monoisotopic (exact) mass is 514 g/mol. The van der Waals surface area contributed by atoms with Crippen LogP contribution in [0.15, 0.2) is 121 Å². The zero-order chi connectivity index (χ0) is 26.9. The van der Waals surface area contributed by atoms with Gasteiger partial charge >= 0.3 is 0 Å². The number of para-hydroxylation sites is 1. The molecule has 0 saturated heterocycles. The Morgan fingerprint density at radius 1 is 0.550 bits per heavy atom. The lowest BCUT2D eigenvalue weighted by Crippen LogP contribution is -2.07. The highest BCUT2D eigenvalue weighted by Gasteiger charge is 2.26. The van der Waals surface area contributed by atoms with Crippen molar-refractivity contribution < 1.29 is 4.74 Å². The minimum atomic E-state index is 0.531. The van der Waals surface area contributed by atoms with Crippen LogP contribution in [-0.4, -0.2) is 15.0 Å². The number of nitriles is 1. The Morgan fingerprint density at radius 2 is 1.15 bits per heavy atom. The van der Waals surface area contributed by atoms with Gasteiger partial charge in [-0.15, -0.1) is 0 Å². The van der Waals surface area contributed by atoms with Crippen LogP contribution in [0.25, 0.3) is 45.3 Å². The fraction of sp³-hybridized carbons (Fsp3) is 0.0286. The predicted molar refractivity (Wildman–Crippen MR) is 156 cm³/mol. The molecular weight excluding hydrogens is 492 g/mol. The summed E-state index contributed by atoms with van der Waals surface area (Å²) in [6.07, 6.45) is 0.744. The lowest BCUT2D eigenvalue weighted by atomic mass is 9.91. The summed E-state index contributed by atoms with van der Waals surface area (Å²) in [5.41, 5.74) is 7.28. The highest BCUT2D eigenvalue weighted by Crippen LogP contribution is 2.46. The molecule has 1 aliphatic heterocycles. The topological polar surface area (TPSA) is 71.7 Å². The summed E-state index contributed by atoms with van der Waals surface area (Å²) >= 11 is 0. The van der Waals surface area contributed by atoms with E-state index in [2.05, 4.69) is 24.3 Å². The third kappa shape index (κ3) is 4.28. The summed E-state index contributed by atoms with van der Waals surface area (Å²) in [7, 11) is 0. The first-order valence-corrected chi connectivity index (χ1v) is 13.1. The van der Waals surface area contributed by atoms with Gasteiger partial charge in [0.25, 0.3) is 0 Å². The van der Waals surface area contributed by atoms with Gasteiger partial charge in [-0.25, -0.2) is 15.0 Å². The molecule has 6 aromatic rings. The van der Waals surface area contributed by atoms with Crippen LogP contribution < -0.4 is 4.74 Å². The van der Waals surface area contributed by atoms with Crippen LogP contribution in [0.5, 0.6) is 11.5 Å². The molecule has 0 amide bonds. The van der Waals surface area contributed by atoms with Gasteiger partial charge in [0.2, 0.25) is 0 Å². The van der Waals surface area contributed by atoms with Crippen molar-refractivity contribution >= 4 is 0 Å². The van der Waals surface area contributed by atoms with Crippen LogP contribution in [0.3, 0.4) is 0 Å². The smallest absolute Gasteiger partial charge is 0.168 e. The highest BCUT2D eigenvalue weighted by atomic mass is 16.5. The van der Waals surface area contributed by atoms with Crippen LogP contribution in [0.2, 0.25) is 0 Å². The molecule has 0 aliphatic carbocycles. The molecule has 1 aromatic heterocycles. The van der Waals surface area contributed by atoms with Gasteiger partial charge < -0.3 is 4.74 Å². The van der Waals surface area contributed by atoms with Crippen molar-refractivity contribution in [2.75, 3.05) is 0 Å². The molecule has 5 nitrogen and oxygen atoms in total. The van der Waals surface area contributed by atoms with E-state index < -0.39 is 0 Å². The minimum absolute atomic E-state index is 0.531.